The highest BCUT2D eigenvalue weighted by molar-refractivity contribution is 6.03. The summed E-state index contributed by atoms with van der Waals surface area (Å²) >= 11 is 0. The van der Waals surface area contributed by atoms with Crippen LogP contribution in [0, 0.1) is 20.8 Å². The smallest absolute Gasteiger partial charge is 0.248 e. The molecule has 0 aliphatic heterocycles. The summed E-state index contributed by atoms with van der Waals surface area (Å²) in [5.74, 6) is -0.237. The molecule has 0 saturated carbocycles. The molecule has 0 radical (unpaired) electrons. The molecule has 0 spiro atoms. The van der Waals surface area contributed by atoms with Crippen LogP contribution in [0.25, 0.3) is 6.08 Å². The second-order valence-electron chi connectivity index (χ2n) is 7.08. The number of carbonyl (C=O) groups is 1. The molecule has 3 aromatic rings. The topological polar surface area (TPSA) is 80.0 Å². The zero-order chi connectivity index (χ0) is 20.8. The molecule has 0 bridgehead atoms. The van der Waals surface area contributed by atoms with Crippen LogP contribution in [0.15, 0.2) is 60.8 Å². The van der Waals surface area contributed by atoms with E-state index < -0.39 is 0 Å². The number of benzene rings is 2. The maximum atomic E-state index is 12.1. The number of anilines is 3. The minimum absolute atomic E-state index is 0.237. The monoisotopic (exact) mass is 386 g/mol. The molecule has 0 fully saturated rings. The van der Waals surface area contributed by atoms with E-state index in [9.17, 15) is 4.79 Å². The fourth-order valence-electron chi connectivity index (χ4n) is 2.93. The van der Waals surface area contributed by atoms with E-state index in [4.69, 9.17) is 5.73 Å². The number of rotatable bonds is 6. The molecule has 2 aromatic carbocycles. The third-order valence-electron chi connectivity index (χ3n) is 4.89. The third kappa shape index (κ3) is 5.45. The quantitative estimate of drug-likeness (QED) is 0.418. The van der Waals surface area contributed by atoms with Crippen LogP contribution >= 0.6 is 0 Å². The van der Waals surface area contributed by atoms with Gasteiger partial charge in [-0.15, -0.1) is 0 Å². The van der Waals surface area contributed by atoms with Gasteiger partial charge in [0.15, 0.2) is 0 Å². The van der Waals surface area contributed by atoms with E-state index in [-0.39, 0.29) is 5.91 Å². The fourth-order valence-corrected chi connectivity index (χ4v) is 2.93. The minimum atomic E-state index is -0.237. The molecule has 148 valence electrons. The van der Waals surface area contributed by atoms with Crippen LogP contribution in [-0.4, -0.2) is 10.9 Å². The number of aromatic nitrogens is 1. The van der Waals surface area contributed by atoms with Crippen LogP contribution in [0.3, 0.4) is 0 Å². The number of aryl methyl sites for hydroxylation is 2. The molecule has 5 nitrogen and oxygen atoms in total. The van der Waals surface area contributed by atoms with E-state index >= 15 is 0 Å². The molecule has 0 atom stereocenters. The number of amides is 1. The summed E-state index contributed by atoms with van der Waals surface area (Å²) < 4.78 is 0. The number of nitrogens with two attached hydrogens (primary N) is 1. The summed E-state index contributed by atoms with van der Waals surface area (Å²) in [4.78, 5) is 16.5. The van der Waals surface area contributed by atoms with Gasteiger partial charge in [-0.1, -0.05) is 18.2 Å². The Bertz CT molecular complexity index is 1020. The molecule has 0 aliphatic rings. The van der Waals surface area contributed by atoms with Crippen molar-refractivity contribution in [3.05, 3.63) is 88.8 Å². The molecular weight excluding hydrogens is 360 g/mol. The maximum Gasteiger partial charge on any atom is 0.248 e. The van der Waals surface area contributed by atoms with E-state index in [0.717, 1.165) is 16.9 Å². The Balaban J connectivity index is 1.56. The number of nitrogen functional groups attached to an aromatic ring is 1. The molecule has 1 aromatic heterocycles. The van der Waals surface area contributed by atoms with Crippen LogP contribution in [-0.2, 0) is 11.3 Å². The zero-order valence-electron chi connectivity index (χ0n) is 17.0. The van der Waals surface area contributed by atoms with Crippen molar-refractivity contribution in [2.45, 2.75) is 27.3 Å². The van der Waals surface area contributed by atoms with E-state index in [1.165, 1.54) is 22.8 Å². The zero-order valence-corrected chi connectivity index (χ0v) is 17.0. The molecule has 29 heavy (non-hydrogen) atoms. The van der Waals surface area contributed by atoms with Crippen LogP contribution in [0.1, 0.15) is 27.9 Å². The summed E-state index contributed by atoms with van der Waals surface area (Å²) in [5.41, 5.74) is 13.7. The first-order valence-corrected chi connectivity index (χ1v) is 9.52. The van der Waals surface area contributed by atoms with Crippen molar-refractivity contribution in [2.24, 2.45) is 0 Å². The highest BCUT2D eigenvalue weighted by atomic mass is 16.1. The molecule has 3 rings (SSSR count). The van der Waals surface area contributed by atoms with Gasteiger partial charge in [-0.25, -0.2) is 0 Å². The summed E-state index contributed by atoms with van der Waals surface area (Å²) in [6.45, 7) is 7.02. The van der Waals surface area contributed by atoms with Gasteiger partial charge in [0.05, 0.1) is 23.6 Å². The third-order valence-corrected chi connectivity index (χ3v) is 4.89. The largest absolute Gasteiger partial charge is 0.397 e. The first kappa shape index (κ1) is 20.1. The predicted octanol–water partition coefficient (Wildman–Crippen LogP) is 4.85. The van der Waals surface area contributed by atoms with Crippen molar-refractivity contribution in [3.63, 3.8) is 0 Å². The van der Waals surface area contributed by atoms with Crippen molar-refractivity contribution in [1.29, 1.82) is 0 Å². The first-order valence-electron chi connectivity index (χ1n) is 9.52. The lowest BCUT2D eigenvalue weighted by Crippen LogP contribution is -2.09. The van der Waals surface area contributed by atoms with Gasteiger partial charge in [0.1, 0.15) is 0 Å². The van der Waals surface area contributed by atoms with Gasteiger partial charge in [0.25, 0.3) is 0 Å². The van der Waals surface area contributed by atoms with Gasteiger partial charge in [-0.05, 0) is 79.4 Å². The second-order valence-corrected chi connectivity index (χ2v) is 7.08. The number of carbonyl (C=O) groups excluding carboxylic acids is 1. The highest BCUT2D eigenvalue weighted by Gasteiger charge is 2.03. The van der Waals surface area contributed by atoms with Crippen LogP contribution in [0.4, 0.5) is 17.1 Å². The van der Waals surface area contributed by atoms with E-state index in [1.807, 2.05) is 24.3 Å². The lowest BCUT2D eigenvalue weighted by molar-refractivity contribution is -0.111. The number of para-hydroxylation sites is 2. The SMILES string of the molecule is Cc1cc(NCc2ccc(/C=C/C(=O)Nc3ccccc3N)cn2)cc(C)c1C. The van der Waals surface area contributed by atoms with E-state index in [2.05, 4.69) is 48.5 Å². The van der Waals surface area contributed by atoms with Gasteiger partial charge in [-0.2, -0.15) is 0 Å². The second kappa shape index (κ2) is 9.06. The lowest BCUT2D eigenvalue weighted by atomic mass is 10.0. The van der Waals surface area contributed by atoms with Crippen LogP contribution < -0.4 is 16.4 Å². The summed E-state index contributed by atoms with van der Waals surface area (Å²) in [6, 6.07) is 15.4. The normalized spacial score (nSPS) is 10.9. The molecule has 1 amide bonds. The van der Waals surface area contributed by atoms with E-state index in [1.54, 1.807) is 24.4 Å². The number of nitrogens with one attached hydrogen (secondary N) is 2. The van der Waals surface area contributed by atoms with Crippen molar-refractivity contribution in [2.75, 3.05) is 16.4 Å². The highest BCUT2D eigenvalue weighted by Crippen LogP contribution is 2.20. The van der Waals surface area contributed by atoms with Crippen molar-refractivity contribution in [1.82, 2.24) is 4.98 Å². The average Bonchev–Trinajstić information content (AvgIpc) is 2.71. The van der Waals surface area contributed by atoms with Gasteiger partial charge in [-0.3, -0.25) is 9.78 Å². The molecule has 0 saturated heterocycles. The number of hydrogen-bond donors (Lipinski definition) is 3. The van der Waals surface area contributed by atoms with Gasteiger partial charge in [0.2, 0.25) is 5.91 Å². The Morgan fingerprint density at radius 2 is 1.79 bits per heavy atom. The molecule has 0 unspecified atom stereocenters. The maximum absolute atomic E-state index is 12.1. The Morgan fingerprint density at radius 1 is 1.07 bits per heavy atom. The Hall–Kier alpha value is -3.60. The molecule has 5 heteroatoms. The van der Waals surface area contributed by atoms with E-state index in [0.29, 0.717) is 17.9 Å². The van der Waals surface area contributed by atoms with Gasteiger partial charge < -0.3 is 16.4 Å². The molecule has 1 heterocycles. The fraction of sp³-hybridized carbons (Fsp3) is 0.167. The van der Waals surface area contributed by atoms with Crippen LogP contribution in [0.2, 0.25) is 0 Å². The summed E-state index contributed by atoms with van der Waals surface area (Å²) in [6.07, 6.45) is 4.95. The Morgan fingerprint density at radius 3 is 2.45 bits per heavy atom. The van der Waals surface area contributed by atoms with Gasteiger partial charge in [0, 0.05) is 18.0 Å². The standard InChI is InChI=1S/C24H26N4O/c1-16-12-21(13-17(2)18(16)3)27-15-20-10-8-19(14-26-20)9-11-24(29)28-23-7-5-4-6-22(23)25/h4-14,27H,15,25H2,1-3H3,(H,28,29)/b11-9+. The van der Waals surface area contributed by atoms with Crippen LogP contribution in [0.5, 0.6) is 0 Å². The Labute approximate surface area is 171 Å². The molecular formula is C24H26N4O. The summed E-state index contributed by atoms with van der Waals surface area (Å²) in [5, 5.41) is 6.18. The molecule has 0 aliphatic carbocycles. The van der Waals surface area contributed by atoms with Crippen molar-refractivity contribution < 1.29 is 4.79 Å². The van der Waals surface area contributed by atoms with Crippen molar-refractivity contribution >= 4 is 29.0 Å². The lowest BCUT2D eigenvalue weighted by Gasteiger charge is -2.11. The number of hydrogen-bond acceptors (Lipinski definition) is 4. The minimum Gasteiger partial charge on any atom is -0.397 e. The first-order chi connectivity index (χ1) is 13.9. The predicted molar refractivity (Wildman–Crippen MR) is 121 cm³/mol. The Kier molecular flexibility index (Phi) is 6.29. The average molecular weight is 386 g/mol. The molecule has 4 N–H and O–H groups in total. The number of nitrogens with zero attached hydrogens (tertiary/aromatic N) is 1. The van der Waals surface area contributed by atoms with Gasteiger partial charge >= 0.3 is 0 Å². The number of pyridine rings is 1. The van der Waals surface area contributed by atoms with Crippen molar-refractivity contribution in [3.8, 4) is 0 Å². The summed E-state index contributed by atoms with van der Waals surface area (Å²) in [7, 11) is 0.